The van der Waals surface area contributed by atoms with Crippen molar-refractivity contribution in [2.75, 3.05) is 5.73 Å². The number of hydrogen-bond acceptors (Lipinski definition) is 4. The summed E-state index contributed by atoms with van der Waals surface area (Å²) in [6.07, 6.45) is 4.26. The zero-order valence-electron chi connectivity index (χ0n) is 11.2. The molecule has 3 aromatic rings. The Morgan fingerprint density at radius 2 is 2.15 bits per heavy atom. The van der Waals surface area contributed by atoms with Gasteiger partial charge >= 0.3 is 0 Å². The number of nitrogens with one attached hydrogen (secondary N) is 1. The fourth-order valence-corrected chi connectivity index (χ4v) is 1.98. The third-order valence-corrected chi connectivity index (χ3v) is 3.16. The molecule has 3 N–H and O–H groups in total. The van der Waals surface area contributed by atoms with Crippen LogP contribution in [0.5, 0.6) is 0 Å². The highest BCUT2D eigenvalue weighted by atomic mass is 15.2. The minimum Gasteiger partial charge on any atom is -0.398 e. The summed E-state index contributed by atoms with van der Waals surface area (Å²) in [5.74, 6) is 1.47. The molecule has 0 spiro atoms. The second-order valence-corrected chi connectivity index (χ2v) is 4.72. The van der Waals surface area contributed by atoms with Gasteiger partial charge in [0.15, 0.2) is 5.82 Å². The first kappa shape index (κ1) is 12.3. The standard InChI is InChI=1S/C15H15N5/c1-10-4-5-12(8-13(10)16)15-18-14(19-20-15)7-11-3-2-6-17-9-11/h2-6,8-9H,7,16H2,1H3,(H,18,19,20). The van der Waals surface area contributed by atoms with E-state index in [1.807, 2.05) is 43.5 Å². The lowest BCUT2D eigenvalue weighted by molar-refractivity contribution is 0.966. The number of rotatable bonds is 3. The number of hydrogen-bond donors (Lipinski definition) is 2. The number of anilines is 1. The molecule has 0 unspecified atom stereocenters. The van der Waals surface area contributed by atoms with Gasteiger partial charge in [-0.3, -0.25) is 10.1 Å². The van der Waals surface area contributed by atoms with Crippen LogP contribution in [-0.4, -0.2) is 20.2 Å². The van der Waals surface area contributed by atoms with Crippen molar-refractivity contribution in [2.24, 2.45) is 0 Å². The third kappa shape index (κ3) is 2.51. The Morgan fingerprint density at radius 1 is 1.25 bits per heavy atom. The van der Waals surface area contributed by atoms with Crippen LogP contribution in [0.4, 0.5) is 5.69 Å². The van der Waals surface area contributed by atoms with Crippen LogP contribution in [0, 0.1) is 6.92 Å². The highest BCUT2D eigenvalue weighted by Gasteiger charge is 2.07. The van der Waals surface area contributed by atoms with Crippen LogP contribution in [0.1, 0.15) is 17.0 Å². The molecule has 100 valence electrons. The summed E-state index contributed by atoms with van der Waals surface area (Å²) in [6, 6.07) is 9.77. The van der Waals surface area contributed by atoms with E-state index in [0.717, 1.165) is 28.2 Å². The van der Waals surface area contributed by atoms with Gasteiger partial charge in [-0.2, -0.15) is 5.10 Å². The molecule has 2 heterocycles. The van der Waals surface area contributed by atoms with Crippen molar-refractivity contribution in [2.45, 2.75) is 13.3 Å². The van der Waals surface area contributed by atoms with Crippen LogP contribution in [-0.2, 0) is 6.42 Å². The molecule has 2 aromatic heterocycles. The van der Waals surface area contributed by atoms with E-state index in [1.54, 1.807) is 6.20 Å². The summed E-state index contributed by atoms with van der Waals surface area (Å²) in [7, 11) is 0. The van der Waals surface area contributed by atoms with Gasteiger partial charge in [0.05, 0.1) is 0 Å². The van der Waals surface area contributed by atoms with Crippen LogP contribution < -0.4 is 5.73 Å². The fraction of sp³-hybridized carbons (Fsp3) is 0.133. The molecule has 5 heteroatoms. The lowest BCUT2D eigenvalue weighted by Crippen LogP contribution is -1.92. The van der Waals surface area contributed by atoms with Crippen LogP contribution in [0.3, 0.4) is 0 Å². The number of nitrogen functional groups attached to an aromatic ring is 1. The largest absolute Gasteiger partial charge is 0.398 e. The van der Waals surface area contributed by atoms with E-state index in [9.17, 15) is 0 Å². The first-order valence-corrected chi connectivity index (χ1v) is 6.39. The van der Waals surface area contributed by atoms with Gasteiger partial charge < -0.3 is 5.73 Å². The number of nitrogens with two attached hydrogens (primary N) is 1. The Hall–Kier alpha value is -2.69. The highest BCUT2D eigenvalue weighted by molar-refractivity contribution is 5.63. The molecular weight excluding hydrogens is 250 g/mol. The summed E-state index contributed by atoms with van der Waals surface area (Å²) in [5.41, 5.74) is 9.74. The molecule has 0 aliphatic carbocycles. The average molecular weight is 265 g/mol. The Bertz CT molecular complexity index is 718. The van der Waals surface area contributed by atoms with Gasteiger partial charge in [0.25, 0.3) is 0 Å². The molecule has 0 aliphatic heterocycles. The quantitative estimate of drug-likeness (QED) is 0.712. The third-order valence-electron chi connectivity index (χ3n) is 3.16. The van der Waals surface area contributed by atoms with Gasteiger partial charge in [0.1, 0.15) is 5.82 Å². The SMILES string of the molecule is Cc1ccc(-c2n[nH]c(Cc3cccnc3)n2)cc1N. The molecule has 5 nitrogen and oxygen atoms in total. The second-order valence-electron chi connectivity index (χ2n) is 4.72. The van der Waals surface area contributed by atoms with Gasteiger partial charge in [-0.1, -0.05) is 18.2 Å². The normalized spacial score (nSPS) is 10.7. The monoisotopic (exact) mass is 265 g/mol. The maximum atomic E-state index is 5.91. The van der Waals surface area contributed by atoms with Gasteiger partial charge in [-0.25, -0.2) is 4.98 Å². The predicted molar refractivity (Wildman–Crippen MR) is 78.0 cm³/mol. The fourth-order valence-electron chi connectivity index (χ4n) is 1.98. The zero-order valence-corrected chi connectivity index (χ0v) is 11.2. The lowest BCUT2D eigenvalue weighted by Gasteiger charge is -2.01. The van der Waals surface area contributed by atoms with Crippen molar-refractivity contribution in [1.82, 2.24) is 20.2 Å². The van der Waals surface area contributed by atoms with Crippen molar-refractivity contribution in [3.8, 4) is 11.4 Å². The van der Waals surface area contributed by atoms with Crippen molar-refractivity contribution in [3.63, 3.8) is 0 Å². The van der Waals surface area contributed by atoms with Crippen molar-refractivity contribution in [1.29, 1.82) is 0 Å². The highest BCUT2D eigenvalue weighted by Crippen LogP contribution is 2.20. The molecule has 20 heavy (non-hydrogen) atoms. The summed E-state index contributed by atoms with van der Waals surface area (Å²) in [6.45, 7) is 1.98. The number of pyridine rings is 1. The Balaban J connectivity index is 1.84. The smallest absolute Gasteiger partial charge is 0.181 e. The first-order chi connectivity index (χ1) is 9.72. The van der Waals surface area contributed by atoms with Gasteiger partial charge in [-0.05, 0) is 30.2 Å². The molecule has 0 atom stereocenters. The Kier molecular flexibility index (Phi) is 3.16. The maximum Gasteiger partial charge on any atom is 0.181 e. The van der Waals surface area contributed by atoms with Crippen LogP contribution in [0.25, 0.3) is 11.4 Å². The molecule has 1 aromatic carbocycles. The second kappa shape index (κ2) is 5.13. The van der Waals surface area contributed by atoms with E-state index in [-0.39, 0.29) is 0 Å². The first-order valence-electron chi connectivity index (χ1n) is 6.39. The zero-order chi connectivity index (χ0) is 13.9. The maximum absolute atomic E-state index is 5.91. The number of aromatic amines is 1. The number of benzene rings is 1. The van der Waals surface area contributed by atoms with E-state index >= 15 is 0 Å². The van der Waals surface area contributed by atoms with Crippen molar-refractivity contribution < 1.29 is 0 Å². The molecule has 0 amide bonds. The van der Waals surface area contributed by atoms with Crippen molar-refractivity contribution in [3.05, 3.63) is 59.7 Å². The minimum atomic E-state index is 0.663. The molecule has 0 saturated carbocycles. The van der Waals surface area contributed by atoms with E-state index < -0.39 is 0 Å². The molecule has 0 saturated heterocycles. The van der Waals surface area contributed by atoms with Crippen molar-refractivity contribution >= 4 is 5.69 Å². The lowest BCUT2D eigenvalue weighted by atomic mass is 10.1. The van der Waals surface area contributed by atoms with Gasteiger partial charge in [0, 0.05) is 30.1 Å². The molecule has 0 radical (unpaired) electrons. The van der Waals surface area contributed by atoms with E-state index in [1.165, 1.54) is 0 Å². The van der Waals surface area contributed by atoms with E-state index in [0.29, 0.717) is 12.2 Å². The van der Waals surface area contributed by atoms with Crippen LogP contribution >= 0.6 is 0 Å². The minimum absolute atomic E-state index is 0.663. The van der Waals surface area contributed by atoms with E-state index in [4.69, 9.17) is 5.73 Å². The molecule has 3 rings (SSSR count). The summed E-state index contributed by atoms with van der Waals surface area (Å²) >= 11 is 0. The molecule has 0 aliphatic rings. The summed E-state index contributed by atoms with van der Waals surface area (Å²) in [5, 5.41) is 7.20. The molecule has 0 fully saturated rings. The summed E-state index contributed by atoms with van der Waals surface area (Å²) < 4.78 is 0. The Morgan fingerprint density at radius 3 is 2.90 bits per heavy atom. The number of aryl methyl sites for hydroxylation is 1. The van der Waals surface area contributed by atoms with Gasteiger partial charge in [-0.15, -0.1) is 0 Å². The summed E-state index contributed by atoms with van der Waals surface area (Å²) in [4.78, 5) is 8.59. The van der Waals surface area contributed by atoms with Crippen LogP contribution in [0.2, 0.25) is 0 Å². The predicted octanol–water partition coefficient (Wildman–Crippen LogP) is 2.35. The van der Waals surface area contributed by atoms with Crippen LogP contribution in [0.15, 0.2) is 42.7 Å². The topological polar surface area (TPSA) is 80.5 Å². The number of H-pyrrole nitrogens is 1. The van der Waals surface area contributed by atoms with Gasteiger partial charge in [0.2, 0.25) is 0 Å². The number of aromatic nitrogens is 4. The molecule has 0 bridgehead atoms. The number of nitrogens with zero attached hydrogens (tertiary/aromatic N) is 3. The molecular formula is C15H15N5. The van der Waals surface area contributed by atoms with E-state index in [2.05, 4.69) is 20.2 Å². The average Bonchev–Trinajstić information content (AvgIpc) is 2.91. The Labute approximate surface area is 116 Å².